The van der Waals surface area contributed by atoms with Crippen LogP contribution >= 0.6 is 0 Å². The fourth-order valence-electron chi connectivity index (χ4n) is 2.21. The number of aryl methyl sites for hydroxylation is 3. The molecule has 0 aliphatic heterocycles. The smallest absolute Gasteiger partial charge is 0.121 e. The Morgan fingerprint density at radius 2 is 2.16 bits per heavy atom. The van der Waals surface area contributed by atoms with Gasteiger partial charge in [0.1, 0.15) is 5.75 Å². The number of aliphatic hydroxyl groups is 1. The first-order valence-electron chi connectivity index (χ1n) is 6.41. The molecule has 2 rings (SSSR count). The van der Waals surface area contributed by atoms with Gasteiger partial charge in [0.2, 0.25) is 0 Å². The van der Waals surface area contributed by atoms with Crippen LogP contribution in [0.3, 0.4) is 0 Å². The summed E-state index contributed by atoms with van der Waals surface area (Å²) in [6.45, 7) is 1.98. The molecule has 0 bridgehead atoms. The van der Waals surface area contributed by atoms with Gasteiger partial charge < -0.3 is 9.84 Å². The van der Waals surface area contributed by atoms with Crippen molar-refractivity contribution >= 4 is 0 Å². The maximum Gasteiger partial charge on any atom is 0.121 e. The zero-order chi connectivity index (χ0) is 13.8. The Labute approximate surface area is 113 Å². The Hall–Kier alpha value is -1.81. The number of rotatable bonds is 5. The number of ether oxygens (including phenoxy) is 1. The zero-order valence-electron chi connectivity index (χ0n) is 11.6. The second-order valence-electron chi connectivity index (χ2n) is 4.73. The summed E-state index contributed by atoms with van der Waals surface area (Å²) in [6, 6.07) is 7.77. The number of benzene rings is 1. The van der Waals surface area contributed by atoms with Crippen molar-refractivity contribution in [3.05, 3.63) is 47.3 Å². The van der Waals surface area contributed by atoms with E-state index >= 15 is 0 Å². The molecule has 1 N–H and O–H groups in total. The van der Waals surface area contributed by atoms with Crippen LogP contribution in [0.2, 0.25) is 0 Å². The third kappa shape index (κ3) is 3.15. The van der Waals surface area contributed by atoms with E-state index in [2.05, 4.69) is 5.10 Å². The average Bonchev–Trinajstić information content (AvgIpc) is 2.81. The molecule has 1 aromatic carbocycles. The summed E-state index contributed by atoms with van der Waals surface area (Å²) in [6.07, 6.45) is 2.81. The lowest BCUT2D eigenvalue weighted by Gasteiger charge is -2.13. The SMILES string of the molecule is COc1ccc(C(O)CCc2ccnn2C)cc1C. The van der Waals surface area contributed by atoms with Crippen LogP contribution in [0, 0.1) is 6.92 Å². The highest BCUT2D eigenvalue weighted by Gasteiger charge is 2.10. The van der Waals surface area contributed by atoms with Crippen LogP contribution in [0.15, 0.2) is 30.5 Å². The summed E-state index contributed by atoms with van der Waals surface area (Å²) in [5, 5.41) is 14.4. The van der Waals surface area contributed by atoms with Crippen molar-refractivity contribution < 1.29 is 9.84 Å². The van der Waals surface area contributed by atoms with E-state index in [-0.39, 0.29) is 0 Å². The quantitative estimate of drug-likeness (QED) is 0.898. The third-order valence-corrected chi connectivity index (χ3v) is 3.40. The van der Waals surface area contributed by atoms with Crippen LogP contribution < -0.4 is 4.74 Å². The number of nitrogens with zero attached hydrogens (tertiary/aromatic N) is 2. The summed E-state index contributed by atoms with van der Waals surface area (Å²) < 4.78 is 7.06. The topological polar surface area (TPSA) is 47.3 Å². The molecule has 0 saturated carbocycles. The lowest BCUT2D eigenvalue weighted by molar-refractivity contribution is 0.167. The van der Waals surface area contributed by atoms with Crippen molar-refractivity contribution in [2.45, 2.75) is 25.9 Å². The highest BCUT2D eigenvalue weighted by molar-refractivity contribution is 5.37. The largest absolute Gasteiger partial charge is 0.496 e. The van der Waals surface area contributed by atoms with Gasteiger partial charge in [0.15, 0.2) is 0 Å². The maximum absolute atomic E-state index is 10.2. The molecule has 1 aromatic heterocycles. The van der Waals surface area contributed by atoms with Gasteiger partial charge in [-0.3, -0.25) is 4.68 Å². The number of aliphatic hydroxyl groups excluding tert-OH is 1. The van der Waals surface area contributed by atoms with Crippen molar-refractivity contribution in [1.29, 1.82) is 0 Å². The van der Waals surface area contributed by atoms with Crippen LogP contribution in [-0.4, -0.2) is 22.0 Å². The molecule has 0 spiro atoms. The molecule has 1 unspecified atom stereocenters. The molecule has 1 atom stereocenters. The van der Waals surface area contributed by atoms with Gasteiger partial charge in [0.25, 0.3) is 0 Å². The molecule has 2 aromatic rings. The molecule has 0 amide bonds. The molecule has 4 heteroatoms. The minimum absolute atomic E-state index is 0.459. The van der Waals surface area contributed by atoms with Gasteiger partial charge in [-0.15, -0.1) is 0 Å². The lowest BCUT2D eigenvalue weighted by atomic mass is 10.0. The molecule has 1 heterocycles. The summed E-state index contributed by atoms with van der Waals surface area (Å²) in [4.78, 5) is 0. The fourth-order valence-corrected chi connectivity index (χ4v) is 2.21. The van der Waals surface area contributed by atoms with Gasteiger partial charge in [-0.2, -0.15) is 5.10 Å². The van der Waals surface area contributed by atoms with Crippen LogP contribution in [0.5, 0.6) is 5.75 Å². The van der Waals surface area contributed by atoms with Crippen LogP contribution in [0.25, 0.3) is 0 Å². The molecule has 102 valence electrons. The molecule has 0 aliphatic rings. The Balaban J connectivity index is 2.02. The van der Waals surface area contributed by atoms with Gasteiger partial charge in [-0.1, -0.05) is 6.07 Å². The van der Waals surface area contributed by atoms with Crippen LogP contribution in [-0.2, 0) is 13.5 Å². The first kappa shape index (κ1) is 13.6. The standard InChI is InChI=1S/C15H20N2O2/c1-11-10-12(4-7-15(11)19-3)14(18)6-5-13-8-9-16-17(13)2/h4,7-10,14,18H,5-6H2,1-3H3. The van der Waals surface area contributed by atoms with Gasteiger partial charge in [0.05, 0.1) is 13.2 Å². The number of hydrogen-bond donors (Lipinski definition) is 1. The second kappa shape index (κ2) is 5.89. The Morgan fingerprint density at radius 1 is 1.37 bits per heavy atom. The van der Waals surface area contributed by atoms with E-state index in [1.54, 1.807) is 13.3 Å². The monoisotopic (exact) mass is 260 g/mol. The van der Waals surface area contributed by atoms with Crippen molar-refractivity contribution in [2.24, 2.45) is 7.05 Å². The van der Waals surface area contributed by atoms with Gasteiger partial charge in [-0.25, -0.2) is 0 Å². The Kier molecular flexibility index (Phi) is 4.22. The lowest BCUT2D eigenvalue weighted by Crippen LogP contribution is -2.04. The summed E-state index contributed by atoms with van der Waals surface area (Å²) >= 11 is 0. The predicted octanol–water partition coefficient (Wildman–Crippen LogP) is 2.40. The highest BCUT2D eigenvalue weighted by atomic mass is 16.5. The molecule has 4 nitrogen and oxygen atoms in total. The van der Waals surface area contributed by atoms with Gasteiger partial charge in [0, 0.05) is 18.9 Å². The highest BCUT2D eigenvalue weighted by Crippen LogP contribution is 2.25. The van der Waals surface area contributed by atoms with E-state index in [1.165, 1.54) is 0 Å². The van der Waals surface area contributed by atoms with E-state index in [1.807, 2.05) is 42.9 Å². The van der Waals surface area contributed by atoms with Crippen molar-refractivity contribution in [1.82, 2.24) is 9.78 Å². The van der Waals surface area contributed by atoms with E-state index in [0.29, 0.717) is 6.42 Å². The normalized spacial score (nSPS) is 12.4. The van der Waals surface area contributed by atoms with Crippen molar-refractivity contribution in [3.8, 4) is 5.75 Å². The number of aromatic nitrogens is 2. The summed E-state index contributed by atoms with van der Waals surface area (Å²) in [5.74, 6) is 0.850. The Bertz CT molecular complexity index is 549. The predicted molar refractivity (Wildman–Crippen MR) is 74.2 cm³/mol. The number of hydrogen-bond acceptors (Lipinski definition) is 3. The third-order valence-electron chi connectivity index (χ3n) is 3.40. The summed E-state index contributed by atoms with van der Waals surface area (Å²) in [5.41, 5.74) is 3.10. The second-order valence-corrected chi connectivity index (χ2v) is 4.73. The molecule has 0 fully saturated rings. The van der Waals surface area contributed by atoms with E-state index < -0.39 is 6.10 Å². The zero-order valence-corrected chi connectivity index (χ0v) is 11.6. The molecular weight excluding hydrogens is 240 g/mol. The van der Waals surface area contributed by atoms with E-state index in [0.717, 1.165) is 29.0 Å². The van der Waals surface area contributed by atoms with E-state index in [9.17, 15) is 5.11 Å². The fraction of sp³-hybridized carbons (Fsp3) is 0.400. The van der Waals surface area contributed by atoms with Gasteiger partial charge >= 0.3 is 0 Å². The van der Waals surface area contributed by atoms with Crippen molar-refractivity contribution in [3.63, 3.8) is 0 Å². The van der Waals surface area contributed by atoms with Crippen LogP contribution in [0.4, 0.5) is 0 Å². The molecule has 0 radical (unpaired) electrons. The summed E-state index contributed by atoms with van der Waals surface area (Å²) in [7, 11) is 3.57. The maximum atomic E-state index is 10.2. The Morgan fingerprint density at radius 3 is 2.74 bits per heavy atom. The van der Waals surface area contributed by atoms with Gasteiger partial charge in [-0.05, 0) is 49.1 Å². The minimum atomic E-state index is -0.459. The first-order valence-corrected chi connectivity index (χ1v) is 6.41. The number of methoxy groups -OCH3 is 1. The minimum Gasteiger partial charge on any atom is -0.496 e. The molecule has 0 saturated heterocycles. The molecular formula is C15H20N2O2. The molecule has 0 aliphatic carbocycles. The average molecular weight is 260 g/mol. The first-order chi connectivity index (χ1) is 9.11. The van der Waals surface area contributed by atoms with E-state index in [4.69, 9.17) is 4.74 Å². The van der Waals surface area contributed by atoms with Crippen LogP contribution in [0.1, 0.15) is 29.3 Å². The van der Waals surface area contributed by atoms with Crippen molar-refractivity contribution in [2.75, 3.05) is 7.11 Å². The molecule has 19 heavy (non-hydrogen) atoms.